The van der Waals surface area contributed by atoms with Crippen LogP contribution in [0, 0.1) is 6.92 Å². The average molecular weight is 218 g/mol. The number of hydrogen-bond donors (Lipinski definition) is 1. The number of carbonyl (C=O) groups is 1. The Hall–Kier alpha value is -1.10. The third-order valence-electron chi connectivity index (χ3n) is 1.52. The predicted molar refractivity (Wildman–Crippen MR) is 49.6 cm³/mol. The van der Waals surface area contributed by atoms with Gasteiger partial charge in [0.25, 0.3) is 0 Å². The lowest BCUT2D eigenvalue weighted by molar-refractivity contribution is -0.152. The van der Waals surface area contributed by atoms with Gasteiger partial charge in [0, 0.05) is 4.90 Å². The molecule has 1 aromatic carbocycles. The van der Waals surface area contributed by atoms with E-state index in [1.807, 2.05) is 6.92 Å². The van der Waals surface area contributed by atoms with Crippen molar-refractivity contribution in [3.8, 4) is 0 Å². The van der Waals surface area contributed by atoms with Gasteiger partial charge in [-0.05, 0) is 30.8 Å². The highest BCUT2D eigenvalue weighted by Crippen LogP contribution is 2.35. The molecule has 0 saturated carbocycles. The van der Waals surface area contributed by atoms with Gasteiger partial charge < -0.3 is 5.11 Å². The molecule has 0 amide bonds. The zero-order chi connectivity index (χ0) is 10.8. The monoisotopic (exact) mass is 218 g/mol. The highest BCUT2D eigenvalue weighted by Gasteiger charge is 2.40. The van der Waals surface area contributed by atoms with E-state index in [9.17, 15) is 13.6 Å². The van der Waals surface area contributed by atoms with Crippen LogP contribution in [0.5, 0.6) is 0 Å². The normalized spacial score (nSPS) is 11.4. The molecule has 0 atom stereocenters. The number of halogens is 2. The Bertz CT molecular complexity index is 335. The molecule has 0 radical (unpaired) electrons. The Balaban J connectivity index is 2.79. The fourth-order valence-corrected chi connectivity index (χ4v) is 1.45. The van der Waals surface area contributed by atoms with Crippen molar-refractivity contribution in [3.63, 3.8) is 0 Å². The summed E-state index contributed by atoms with van der Waals surface area (Å²) in [5.41, 5.74) is 0.938. The van der Waals surface area contributed by atoms with Gasteiger partial charge in [-0.15, -0.1) is 0 Å². The molecule has 0 spiro atoms. The van der Waals surface area contributed by atoms with Gasteiger partial charge in [-0.25, -0.2) is 4.79 Å². The molecule has 76 valence electrons. The van der Waals surface area contributed by atoms with Crippen LogP contribution in [0.25, 0.3) is 0 Å². The summed E-state index contributed by atoms with van der Waals surface area (Å²) in [4.78, 5) is 10.4. The lowest BCUT2D eigenvalue weighted by Crippen LogP contribution is -2.23. The summed E-state index contributed by atoms with van der Waals surface area (Å²) in [6.45, 7) is 1.82. The van der Waals surface area contributed by atoms with Crippen molar-refractivity contribution < 1.29 is 18.7 Å². The molecule has 5 heteroatoms. The van der Waals surface area contributed by atoms with Gasteiger partial charge in [-0.3, -0.25) is 0 Å². The van der Waals surface area contributed by atoms with Gasteiger partial charge in [0.1, 0.15) is 0 Å². The quantitative estimate of drug-likeness (QED) is 0.792. The second kappa shape index (κ2) is 3.96. The second-order valence-corrected chi connectivity index (χ2v) is 3.93. The van der Waals surface area contributed by atoms with Gasteiger partial charge in [0.2, 0.25) is 0 Å². The van der Waals surface area contributed by atoms with Gasteiger partial charge in [0.05, 0.1) is 0 Å². The van der Waals surface area contributed by atoms with E-state index in [2.05, 4.69) is 0 Å². The summed E-state index contributed by atoms with van der Waals surface area (Å²) < 4.78 is 25.4. The van der Waals surface area contributed by atoms with Crippen molar-refractivity contribution in [2.24, 2.45) is 0 Å². The van der Waals surface area contributed by atoms with Gasteiger partial charge >= 0.3 is 11.2 Å². The Morgan fingerprint density at radius 1 is 1.36 bits per heavy atom. The Kier molecular flexibility index (Phi) is 3.10. The van der Waals surface area contributed by atoms with Gasteiger partial charge in [-0.2, -0.15) is 8.78 Å². The third-order valence-corrected chi connectivity index (χ3v) is 2.45. The van der Waals surface area contributed by atoms with Crippen molar-refractivity contribution in [2.45, 2.75) is 17.1 Å². The van der Waals surface area contributed by atoms with E-state index in [0.29, 0.717) is 0 Å². The number of rotatable bonds is 3. The molecule has 0 saturated heterocycles. The minimum absolute atomic E-state index is 0.0298. The van der Waals surface area contributed by atoms with Crippen molar-refractivity contribution in [2.75, 3.05) is 0 Å². The topological polar surface area (TPSA) is 37.3 Å². The van der Waals surface area contributed by atoms with Gasteiger partial charge in [-0.1, -0.05) is 17.7 Å². The molecule has 0 fully saturated rings. The van der Waals surface area contributed by atoms with Crippen LogP contribution in [0.4, 0.5) is 8.78 Å². The van der Waals surface area contributed by atoms with Crippen molar-refractivity contribution in [1.82, 2.24) is 0 Å². The molecule has 14 heavy (non-hydrogen) atoms. The van der Waals surface area contributed by atoms with E-state index in [0.717, 1.165) is 5.56 Å². The second-order valence-electron chi connectivity index (χ2n) is 2.74. The highest BCUT2D eigenvalue weighted by molar-refractivity contribution is 8.01. The number of carboxylic acid groups (broad SMARTS) is 1. The number of aliphatic carboxylic acids is 1. The van der Waals surface area contributed by atoms with E-state index < -0.39 is 11.2 Å². The number of thioether (sulfide) groups is 1. The number of alkyl halides is 2. The highest BCUT2D eigenvalue weighted by atomic mass is 32.2. The minimum atomic E-state index is -3.77. The maximum atomic E-state index is 12.7. The molecule has 0 heterocycles. The smallest absolute Gasteiger partial charge is 0.393 e. The molecule has 0 bridgehead atoms. The van der Waals surface area contributed by atoms with Crippen LogP contribution in [-0.2, 0) is 4.79 Å². The SMILES string of the molecule is Cc1ccc(SC(F)(F)C(=O)O)cc1. The molecule has 1 N–H and O–H groups in total. The predicted octanol–water partition coefficient (Wildman–Crippen LogP) is 2.76. The third kappa shape index (κ3) is 2.70. The molecule has 0 aromatic heterocycles. The van der Waals surface area contributed by atoms with Crippen LogP contribution < -0.4 is 0 Å². The standard InChI is InChI=1S/C9H8F2O2S/c1-6-2-4-7(5-3-6)14-9(10,11)8(12)13/h2-5H,1H3,(H,12,13). The molecule has 0 aliphatic rings. The molecule has 1 rings (SSSR count). The van der Waals surface area contributed by atoms with Crippen LogP contribution in [0.1, 0.15) is 5.56 Å². The van der Waals surface area contributed by atoms with E-state index in [1.54, 1.807) is 12.1 Å². The number of carboxylic acids is 1. The van der Waals surface area contributed by atoms with Crippen LogP contribution in [0.3, 0.4) is 0 Å². The molecule has 0 aliphatic carbocycles. The van der Waals surface area contributed by atoms with Gasteiger partial charge in [0.15, 0.2) is 0 Å². The Morgan fingerprint density at radius 3 is 2.29 bits per heavy atom. The molecule has 0 unspecified atom stereocenters. The molecule has 1 aromatic rings. The van der Waals surface area contributed by atoms with Crippen LogP contribution >= 0.6 is 11.8 Å². The largest absolute Gasteiger partial charge is 0.476 e. The summed E-state index contributed by atoms with van der Waals surface area (Å²) in [6, 6.07) is 6.24. The Labute approximate surface area is 83.9 Å². The van der Waals surface area contributed by atoms with E-state index in [4.69, 9.17) is 5.11 Å². The Morgan fingerprint density at radius 2 is 1.86 bits per heavy atom. The molecular formula is C9H8F2O2S. The summed E-state index contributed by atoms with van der Waals surface area (Å²) in [7, 11) is 0. The first kappa shape index (κ1) is 11.0. The fourth-order valence-electron chi connectivity index (χ4n) is 0.798. The van der Waals surface area contributed by atoms with Crippen molar-refractivity contribution >= 4 is 17.7 Å². The van der Waals surface area contributed by atoms with Crippen molar-refractivity contribution in [3.05, 3.63) is 29.8 Å². The maximum absolute atomic E-state index is 12.7. The zero-order valence-corrected chi connectivity index (χ0v) is 8.15. The first-order valence-corrected chi connectivity index (χ1v) is 4.60. The van der Waals surface area contributed by atoms with Crippen LogP contribution in [0.2, 0.25) is 0 Å². The minimum Gasteiger partial charge on any atom is -0.476 e. The average Bonchev–Trinajstić information content (AvgIpc) is 2.08. The maximum Gasteiger partial charge on any atom is 0.393 e. The summed E-state index contributed by atoms with van der Waals surface area (Å²) in [6.07, 6.45) is 0. The van der Waals surface area contributed by atoms with Crippen molar-refractivity contribution in [1.29, 1.82) is 0 Å². The first-order valence-electron chi connectivity index (χ1n) is 3.79. The summed E-state index contributed by atoms with van der Waals surface area (Å²) in [5, 5.41) is 4.42. The lowest BCUT2D eigenvalue weighted by atomic mass is 10.2. The molecule has 0 aliphatic heterocycles. The van der Waals surface area contributed by atoms with E-state index in [-0.39, 0.29) is 16.7 Å². The molecule has 2 nitrogen and oxygen atoms in total. The van der Waals surface area contributed by atoms with Crippen LogP contribution in [-0.4, -0.2) is 16.3 Å². The first-order chi connectivity index (χ1) is 6.42. The number of hydrogen-bond acceptors (Lipinski definition) is 2. The molecular weight excluding hydrogens is 210 g/mol. The summed E-state index contributed by atoms with van der Waals surface area (Å²) >= 11 is 0.0298. The number of aryl methyl sites for hydroxylation is 1. The summed E-state index contributed by atoms with van der Waals surface area (Å²) in [5.74, 6) is -2.12. The van der Waals surface area contributed by atoms with E-state index in [1.165, 1.54) is 12.1 Å². The van der Waals surface area contributed by atoms with E-state index >= 15 is 0 Å². The lowest BCUT2D eigenvalue weighted by Gasteiger charge is -2.09. The fraction of sp³-hybridized carbons (Fsp3) is 0.222. The number of benzene rings is 1. The van der Waals surface area contributed by atoms with Crippen LogP contribution in [0.15, 0.2) is 29.2 Å². The zero-order valence-electron chi connectivity index (χ0n) is 7.33.